The number of carbonyl (C=O) groups excluding carboxylic acids is 2. The summed E-state index contributed by atoms with van der Waals surface area (Å²) in [6, 6.07) is 10.0. The van der Waals surface area contributed by atoms with Crippen molar-refractivity contribution < 1.29 is 9.59 Å². The van der Waals surface area contributed by atoms with Crippen molar-refractivity contribution in [2.75, 3.05) is 42.9 Å². The third kappa shape index (κ3) is 4.81. The van der Waals surface area contributed by atoms with Crippen molar-refractivity contribution in [3.8, 4) is 6.07 Å². The number of benzene rings is 1. The van der Waals surface area contributed by atoms with Gasteiger partial charge in [0.1, 0.15) is 11.1 Å². The standard InChI is InChI=1S/C24H28N4O2S/c1-16-3-8-20-21(14-25)24(31-22(20)13-16)26-23(30)15-27-9-11-28(12-10-27)19-6-4-18(5-7-19)17(2)29/h4-7,16H,3,8-13,15H2,1-2H3,(H,26,30)/t16-/m1/s1. The fourth-order valence-electron chi connectivity index (χ4n) is 4.40. The number of hydrogen-bond donors (Lipinski definition) is 1. The maximum Gasteiger partial charge on any atom is 0.239 e. The highest BCUT2D eigenvalue weighted by Gasteiger charge is 2.25. The van der Waals surface area contributed by atoms with Crippen molar-refractivity contribution in [3.05, 3.63) is 45.8 Å². The Balaban J connectivity index is 1.32. The second-order valence-corrected chi connectivity index (χ2v) is 9.69. The number of fused-ring (bicyclic) bond motifs is 1. The van der Waals surface area contributed by atoms with Gasteiger partial charge in [0.15, 0.2) is 5.78 Å². The average Bonchev–Trinajstić information content (AvgIpc) is 3.10. The summed E-state index contributed by atoms with van der Waals surface area (Å²) in [4.78, 5) is 29.8. The number of amides is 1. The Bertz CT molecular complexity index is 1010. The maximum absolute atomic E-state index is 12.7. The van der Waals surface area contributed by atoms with Gasteiger partial charge in [-0.3, -0.25) is 14.5 Å². The molecule has 1 aliphatic carbocycles. The van der Waals surface area contributed by atoms with E-state index in [1.54, 1.807) is 18.3 Å². The van der Waals surface area contributed by atoms with Crippen LogP contribution in [0.4, 0.5) is 10.7 Å². The van der Waals surface area contributed by atoms with Gasteiger partial charge in [-0.1, -0.05) is 6.92 Å². The molecule has 1 saturated heterocycles. The van der Waals surface area contributed by atoms with Crippen molar-refractivity contribution in [2.24, 2.45) is 5.92 Å². The highest BCUT2D eigenvalue weighted by Crippen LogP contribution is 2.39. The Morgan fingerprint density at radius 1 is 1.19 bits per heavy atom. The molecular formula is C24H28N4O2S. The molecule has 1 amide bonds. The molecule has 0 unspecified atom stereocenters. The van der Waals surface area contributed by atoms with Crippen molar-refractivity contribution in [3.63, 3.8) is 0 Å². The van der Waals surface area contributed by atoms with Crippen molar-refractivity contribution in [1.29, 1.82) is 5.26 Å². The number of rotatable bonds is 5. The molecular weight excluding hydrogens is 408 g/mol. The highest BCUT2D eigenvalue weighted by molar-refractivity contribution is 7.16. The third-order valence-electron chi connectivity index (χ3n) is 6.25. The number of anilines is 2. The predicted molar refractivity (Wildman–Crippen MR) is 124 cm³/mol. The molecule has 0 spiro atoms. The third-order valence-corrected chi connectivity index (χ3v) is 7.42. The zero-order valence-corrected chi connectivity index (χ0v) is 18.9. The minimum Gasteiger partial charge on any atom is -0.369 e. The summed E-state index contributed by atoms with van der Waals surface area (Å²) in [6.07, 6.45) is 3.04. The first-order chi connectivity index (χ1) is 14.9. The molecule has 2 aliphatic rings. The topological polar surface area (TPSA) is 76.4 Å². The molecule has 162 valence electrons. The summed E-state index contributed by atoms with van der Waals surface area (Å²) in [6.45, 7) is 7.41. The number of nitrogens with one attached hydrogen (secondary N) is 1. The van der Waals surface area contributed by atoms with E-state index in [1.165, 1.54) is 4.88 Å². The van der Waals surface area contributed by atoms with Crippen LogP contribution in [-0.4, -0.2) is 49.3 Å². The molecule has 2 heterocycles. The van der Waals surface area contributed by atoms with Crippen molar-refractivity contribution in [2.45, 2.75) is 33.1 Å². The SMILES string of the molecule is CC(=O)c1ccc(N2CCN(CC(=O)Nc3sc4c(c3C#N)CC[C@@H](C)C4)CC2)cc1. The second-order valence-electron chi connectivity index (χ2n) is 8.58. The summed E-state index contributed by atoms with van der Waals surface area (Å²) in [5.74, 6) is 0.654. The lowest BCUT2D eigenvalue weighted by Gasteiger charge is -2.35. The molecule has 4 rings (SSSR count). The van der Waals surface area contributed by atoms with E-state index in [4.69, 9.17) is 0 Å². The molecule has 0 bridgehead atoms. The van der Waals surface area contributed by atoms with Crippen LogP contribution in [-0.2, 0) is 17.6 Å². The van der Waals surface area contributed by atoms with Gasteiger partial charge in [0.05, 0.1) is 12.1 Å². The molecule has 1 aliphatic heterocycles. The van der Waals surface area contributed by atoms with E-state index in [1.807, 2.05) is 24.3 Å². The van der Waals surface area contributed by atoms with Crippen LogP contribution < -0.4 is 10.2 Å². The number of nitrogens with zero attached hydrogens (tertiary/aromatic N) is 3. The van der Waals surface area contributed by atoms with Gasteiger partial charge in [-0.2, -0.15) is 5.26 Å². The van der Waals surface area contributed by atoms with E-state index >= 15 is 0 Å². The van der Waals surface area contributed by atoms with E-state index in [0.717, 1.165) is 67.3 Å². The van der Waals surface area contributed by atoms with Gasteiger partial charge < -0.3 is 10.2 Å². The maximum atomic E-state index is 12.7. The normalized spacial score (nSPS) is 18.9. The summed E-state index contributed by atoms with van der Waals surface area (Å²) >= 11 is 1.58. The second kappa shape index (κ2) is 9.21. The van der Waals surface area contributed by atoms with E-state index in [9.17, 15) is 14.9 Å². The Morgan fingerprint density at radius 2 is 1.90 bits per heavy atom. The van der Waals surface area contributed by atoms with Gasteiger partial charge in [-0.25, -0.2) is 0 Å². The first kappa shape index (κ1) is 21.5. The van der Waals surface area contributed by atoms with Crippen LogP contribution >= 0.6 is 11.3 Å². The molecule has 1 N–H and O–H groups in total. The predicted octanol–water partition coefficient (Wildman–Crippen LogP) is 3.71. The average molecular weight is 437 g/mol. The van der Waals surface area contributed by atoms with Crippen LogP contribution in [0.5, 0.6) is 0 Å². The van der Waals surface area contributed by atoms with Gasteiger partial charge in [0.2, 0.25) is 5.91 Å². The molecule has 1 aromatic heterocycles. The van der Waals surface area contributed by atoms with E-state index in [0.29, 0.717) is 18.0 Å². The number of carbonyl (C=O) groups is 2. The summed E-state index contributed by atoms with van der Waals surface area (Å²) in [5.41, 5.74) is 3.64. The zero-order valence-electron chi connectivity index (χ0n) is 18.1. The van der Waals surface area contributed by atoms with Crippen LogP contribution in [0.25, 0.3) is 0 Å². The first-order valence-electron chi connectivity index (χ1n) is 10.9. The fraction of sp³-hybridized carbons (Fsp3) is 0.458. The van der Waals surface area contributed by atoms with E-state index in [-0.39, 0.29) is 11.7 Å². The van der Waals surface area contributed by atoms with Crippen LogP contribution in [0.1, 0.15) is 46.6 Å². The fourth-order valence-corrected chi connectivity index (χ4v) is 5.77. The highest BCUT2D eigenvalue weighted by atomic mass is 32.1. The molecule has 2 aromatic rings. The van der Waals surface area contributed by atoms with Crippen molar-refractivity contribution in [1.82, 2.24) is 4.90 Å². The molecule has 1 atom stereocenters. The molecule has 0 radical (unpaired) electrons. The van der Waals surface area contributed by atoms with Gasteiger partial charge in [-0.15, -0.1) is 11.3 Å². The number of hydrogen-bond acceptors (Lipinski definition) is 6. The molecule has 31 heavy (non-hydrogen) atoms. The van der Waals surface area contributed by atoms with E-state index in [2.05, 4.69) is 28.1 Å². The lowest BCUT2D eigenvalue weighted by molar-refractivity contribution is -0.117. The Kier molecular flexibility index (Phi) is 6.40. The Labute approximate surface area is 187 Å². The number of nitriles is 1. The Hall–Kier alpha value is -2.69. The van der Waals surface area contributed by atoms with Crippen LogP contribution in [0.3, 0.4) is 0 Å². The van der Waals surface area contributed by atoms with Crippen molar-refractivity contribution >= 4 is 33.7 Å². The van der Waals surface area contributed by atoms with E-state index < -0.39 is 0 Å². The van der Waals surface area contributed by atoms with Crippen LogP contribution in [0, 0.1) is 17.2 Å². The smallest absolute Gasteiger partial charge is 0.239 e. The zero-order chi connectivity index (χ0) is 22.0. The number of thiophene rings is 1. The first-order valence-corrected chi connectivity index (χ1v) is 11.7. The molecule has 0 saturated carbocycles. The van der Waals surface area contributed by atoms with Gasteiger partial charge >= 0.3 is 0 Å². The largest absolute Gasteiger partial charge is 0.369 e. The monoisotopic (exact) mass is 436 g/mol. The van der Waals surface area contributed by atoms with Crippen LogP contribution in [0.15, 0.2) is 24.3 Å². The minimum atomic E-state index is -0.0533. The molecule has 6 nitrogen and oxygen atoms in total. The molecule has 7 heteroatoms. The lowest BCUT2D eigenvalue weighted by Crippen LogP contribution is -2.48. The number of piperazine rings is 1. The number of ketones is 1. The van der Waals surface area contributed by atoms with Gasteiger partial charge in [0.25, 0.3) is 0 Å². The minimum absolute atomic E-state index is 0.0533. The van der Waals surface area contributed by atoms with Crippen LogP contribution in [0.2, 0.25) is 0 Å². The number of Topliss-reactive ketones (excluding diaryl/α,β-unsaturated/α-hetero) is 1. The van der Waals surface area contributed by atoms with Gasteiger partial charge in [0, 0.05) is 42.3 Å². The summed E-state index contributed by atoms with van der Waals surface area (Å²) in [7, 11) is 0. The Morgan fingerprint density at radius 3 is 2.55 bits per heavy atom. The molecule has 1 fully saturated rings. The lowest BCUT2D eigenvalue weighted by atomic mass is 9.89. The quantitative estimate of drug-likeness (QED) is 0.723. The molecule has 1 aromatic carbocycles. The summed E-state index contributed by atoms with van der Waals surface area (Å²) < 4.78 is 0. The summed E-state index contributed by atoms with van der Waals surface area (Å²) in [5, 5.41) is 13.3. The van der Waals surface area contributed by atoms with Gasteiger partial charge in [-0.05, 0) is 61.9 Å².